The fourth-order valence-electron chi connectivity index (χ4n) is 1.17. The number of anilines is 1. The Balaban J connectivity index is 2.85. The van der Waals surface area contributed by atoms with Gasteiger partial charge < -0.3 is 5.73 Å². The molecule has 2 aromatic heterocycles. The molecule has 0 atom stereocenters. The minimum atomic E-state index is 0.327. The smallest absolute Gasteiger partial charge is 0.157 e. The summed E-state index contributed by atoms with van der Waals surface area (Å²) in [7, 11) is 0. The summed E-state index contributed by atoms with van der Waals surface area (Å²) in [6, 6.07) is 1.80. The van der Waals surface area contributed by atoms with Gasteiger partial charge in [0.25, 0.3) is 0 Å². The number of carbonyl (C=O) groups is 1. The number of nitrogens with two attached hydrogens (primary N) is 1. The SMILES string of the molecule is Cc1cc2ncc(C=O)c(N)n2n1. The largest absolute Gasteiger partial charge is 0.383 e. The lowest BCUT2D eigenvalue weighted by molar-refractivity contribution is 0.112. The third kappa shape index (κ3) is 1.05. The Bertz CT molecular complexity index is 474. The van der Waals surface area contributed by atoms with E-state index in [0.717, 1.165) is 5.69 Å². The summed E-state index contributed by atoms with van der Waals surface area (Å²) in [6.45, 7) is 1.84. The maximum atomic E-state index is 10.5. The van der Waals surface area contributed by atoms with E-state index < -0.39 is 0 Å². The van der Waals surface area contributed by atoms with Gasteiger partial charge >= 0.3 is 0 Å². The molecular weight excluding hydrogens is 168 g/mol. The number of carbonyl (C=O) groups excluding carboxylic acids is 1. The summed E-state index contributed by atoms with van der Waals surface area (Å²) in [6.07, 6.45) is 2.11. The third-order valence-corrected chi connectivity index (χ3v) is 1.80. The highest BCUT2D eigenvalue weighted by Gasteiger charge is 2.05. The molecule has 13 heavy (non-hydrogen) atoms. The van der Waals surface area contributed by atoms with Crippen molar-refractivity contribution in [1.29, 1.82) is 0 Å². The molecule has 0 radical (unpaired) electrons. The summed E-state index contributed by atoms with van der Waals surface area (Å²) in [4.78, 5) is 14.5. The van der Waals surface area contributed by atoms with Crippen LogP contribution in [0.1, 0.15) is 16.1 Å². The summed E-state index contributed by atoms with van der Waals surface area (Å²) in [5.41, 5.74) is 7.50. The molecule has 5 heteroatoms. The number of rotatable bonds is 1. The highest BCUT2D eigenvalue weighted by molar-refractivity contribution is 5.81. The van der Waals surface area contributed by atoms with Crippen molar-refractivity contribution in [2.45, 2.75) is 6.92 Å². The summed E-state index contributed by atoms with van der Waals surface area (Å²) >= 11 is 0. The van der Waals surface area contributed by atoms with Gasteiger partial charge in [0.15, 0.2) is 11.9 Å². The average molecular weight is 176 g/mol. The van der Waals surface area contributed by atoms with E-state index in [1.54, 1.807) is 6.07 Å². The van der Waals surface area contributed by atoms with Crippen molar-refractivity contribution in [3.05, 3.63) is 23.5 Å². The van der Waals surface area contributed by atoms with Crippen molar-refractivity contribution in [1.82, 2.24) is 14.6 Å². The normalized spacial score (nSPS) is 10.5. The second-order valence-electron chi connectivity index (χ2n) is 2.77. The lowest BCUT2D eigenvalue weighted by atomic mass is 10.3. The highest BCUT2D eigenvalue weighted by Crippen LogP contribution is 2.11. The fourth-order valence-corrected chi connectivity index (χ4v) is 1.17. The third-order valence-electron chi connectivity index (χ3n) is 1.80. The predicted molar refractivity (Wildman–Crippen MR) is 47.5 cm³/mol. The first-order valence-corrected chi connectivity index (χ1v) is 3.78. The number of aromatic nitrogens is 3. The van der Waals surface area contributed by atoms with E-state index in [0.29, 0.717) is 23.3 Å². The van der Waals surface area contributed by atoms with Crippen LogP contribution >= 0.6 is 0 Å². The molecular formula is C8H8N4O. The molecule has 2 heterocycles. The van der Waals surface area contributed by atoms with E-state index in [-0.39, 0.29) is 0 Å². The monoisotopic (exact) mass is 176 g/mol. The summed E-state index contributed by atoms with van der Waals surface area (Å²) < 4.78 is 1.46. The van der Waals surface area contributed by atoms with Crippen molar-refractivity contribution in [3.63, 3.8) is 0 Å². The quantitative estimate of drug-likeness (QED) is 0.639. The Morgan fingerprint density at radius 1 is 1.62 bits per heavy atom. The van der Waals surface area contributed by atoms with Crippen LogP contribution in [0.15, 0.2) is 12.3 Å². The first-order valence-electron chi connectivity index (χ1n) is 3.78. The van der Waals surface area contributed by atoms with Gasteiger partial charge in [-0.2, -0.15) is 9.61 Å². The molecule has 0 spiro atoms. The van der Waals surface area contributed by atoms with Crippen LogP contribution in [0.2, 0.25) is 0 Å². The molecule has 0 saturated heterocycles. The van der Waals surface area contributed by atoms with Crippen molar-refractivity contribution in [2.24, 2.45) is 0 Å². The van der Waals surface area contributed by atoms with Crippen LogP contribution in [-0.4, -0.2) is 20.9 Å². The van der Waals surface area contributed by atoms with Gasteiger partial charge in [-0.1, -0.05) is 0 Å². The lowest BCUT2D eigenvalue weighted by Gasteiger charge is -1.99. The molecule has 2 N–H and O–H groups in total. The molecule has 0 fully saturated rings. The number of hydrogen-bond acceptors (Lipinski definition) is 4. The first kappa shape index (κ1) is 7.72. The van der Waals surface area contributed by atoms with Crippen LogP contribution in [0.3, 0.4) is 0 Å². The van der Waals surface area contributed by atoms with E-state index in [1.807, 2.05) is 6.92 Å². The van der Waals surface area contributed by atoms with Crippen LogP contribution in [0, 0.1) is 6.92 Å². The number of fused-ring (bicyclic) bond motifs is 1. The maximum absolute atomic E-state index is 10.5. The van der Waals surface area contributed by atoms with Gasteiger partial charge in [-0.25, -0.2) is 4.98 Å². The van der Waals surface area contributed by atoms with Crippen molar-refractivity contribution in [2.75, 3.05) is 5.73 Å². The number of aryl methyl sites for hydroxylation is 1. The second kappa shape index (κ2) is 2.55. The minimum absolute atomic E-state index is 0.327. The number of hydrogen-bond donors (Lipinski definition) is 1. The Morgan fingerprint density at radius 2 is 2.38 bits per heavy atom. The van der Waals surface area contributed by atoms with Crippen LogP contribution in [-0.2, 0) is 0 Å². The van der Waals surface area contributed by atoms with E-state index in [1.165, 1.54) is 10.7 Å². The van der Waals surface area contributed by atoms with Gasteiger partial charge in [0.2, 0.25) is 0 Å². The topological polar surface area (TPSA) is 73.3 Å². The van der Waals surface area contributed by atoms with Gasteiger partial charge in [0.05, 0.1) is 11.3 Å². The molecule has 0 aliphatic rings. The Kier molecular flexibility index (Phi) is 1.51. The van der Waals surface area contributed by atoms with E-state index in [4.69, 9.17) is 5.73 Å². The van der Waals surface area contributed by atoms with Gasteiger partial charge in [0, 0.05) is 12.3 Å². The van der Waals surface area contributed by atoms with Crippen LogP contribution < -0.4 is 5.73 Å². The molecule has 0 amide bonds. The fraction of sp³-hybridized carbons (Fsp3) is 0.125. The first-order chi connectivity index (χ1) is 6.22. The average Bonchev–Trinajstić information content (AvgIpc) is 2.47. The number of nitrogens with zero attached hydrogens (tertiary/aromatic N) is 3. The van der Waals surface area contributed by atoms with Crippen molar-refractivity contribution >= 4 is 17.8 Å². The molecule has 0 aromatic carbocycles. The highest BCUT2D eigenvalue weighted by atomic mass is 16.1. The molecule has 0 aliphatic heterocycles. The van der Waals surface area contributed by atoms with Crippen LogP contribution in [0.25, 0.3) is 5.65 Å². The molecule has 5 nitrogen and oxygen atoms in total. The van der Waals surface area contributed by atoms with Gasteiger partial charge in [-0.15, -0.1) is 0 Å². The van der Waals surface area contributed by atoms with Crippen molar-refractivity contribution in [3.8, 4) is 0 Å². The van der Waals surface area contributed by atoms with E-state index in [2.05, 4.69) is 10.1 Å². The summed E-state index contributed by atoms with van der Waals surface area (Å²) in [5, 5.41) is 4.09. The Labute approximate surface area is 74.2 Å². The zero-order valence-corrected chi connectivity index (χ0v) is 7.06. The Morgan fingerprint density at radius 3 is 3.08 bits per heavy atom. The zero-order valence-electron chi connectivity index (χ0n) is 7.06. The van der Waals surface area contributed by atoms with Crippen LogP contribution in [0.5, 0.6) is 0 Å². The molecule has 66 valence electrons. The summed E-state index contributed by atoms with van der Waals surface area (Å²) in [5.74, 6) is 0.327. The Hall–Kier alpha value is -1.91. The van der Waals surface area contributed by atoms with Gasteiger partial charge in [-0.3, -0.25) is 4.79 Å². The standard InChI is InChI=1S/C8H8N4O/c1-5-2-7-10-3-6(4-13)8(9)12(7)11-5/h2-4H,9H2,1H3. The van der Waals surface area contributed by atoms with E-state index in [9.17, 15) is 4.79 Å². The molecule has 0 unspecified atom stereocenters. The zero-order chi connectivity index (χ0) is 9.42. The van der Waals surface area contributed by atoms with Crippen LogP contribution in [0.4, 0.5) is 5.82 Å². The lowest BCUT2D eigenvalue weighted by Crippen LogP contribution is -2.04. The van der Waals surface area contributed by atoms with Gasteiger partial charge in [0.1, 0.15) is 5.82 Å². The second-order valence-corrected chi connectivity index (χ2v) is 2.77. The van der Waals surface area contributed by atoms with E-state index >= 15 is 0 Å². The minimum Gasteiger partial charge on any atom is -0.383 e. The molecule has 0 aliphatic carbocycles. The molecule has 0 saturated carbocycles. The molecule has 0 bridgehead atoms. The maximum Gasteiger partial charge on any atom is 0.157 e. The predicted octanol–water partition coefficient (Wildman–Crippen LogP) is 0.432. The van der Waals surface area contributed by atoms with Gasteiger partial charge in [-0.05, 0) is 6.92 Å². The molecule has 2 rings (SSSR count). The molecule has 2 aromatic rings. The number of aldehydes is 1. The number of nitrogen functional groups attached to an aromatic ring is 1. The van der Waals surface area contributed by atoms with Crippen molar-refractivity contribution < 1.29 is 4.79 Å².